The fraction of sp³-hybridized carbons (Fsp3) is 0.345. The Kier molecular flexibility index (Phi) is 6.01. The Morgan fingerprint density at radius 3 is 2.67 bits per heavy atom. The third-order valence-electron chi connectivity index (χ3n) is 8.35. The lowest BCUT2D eigenvalue weighted by Gasteiger charge is -2.38. The predicted molar refractivity (Wildman–Crippen MR) is 146 cm³/mol. The number of aliphatic hydroxyl groups is 1. The van der Waals surface area contributed by atoms with Crippen molar-refractivity contribution in [3.05, 3.63) is 84.5 Å². The zero-order valence-electron chi connectivity index (χ0n) is 21.4. The molecule has 1 aromatic heterocycles. The number of ether oxygens (including phenoxy) is 1. The summed E-state index contributed by atoms with van der Waals surface area (Å²) in [6, 6.07) is 15.0. The van der Waals surface area contributed by atoms with E-state index in [1.54, 1.807) is 15.7 Å². The van der Waals surface area contributed by atoms with Gasteiger partial charge in [0.05, 0.1) is 34.7 Å². The molecule has 3 aromatic rings. The van der Waals surface area contributed by atoms with Crippen molar-refractivity contribution in [2.24, 2.45) is 11.8 Å². The van der Waals surface area contributed by atoms with Gasteiger partial charge in [-0.1, -0.05) is 72.0 Å². The molecule has 204 valence electrons. The Labute approximate surface area is 234 Å². The van der Waals surface area contributed by atoms with Crippen LogP contribution in [0.15, 0.2) is 78.9 Å². The summed E-state index contributed by atoms with van der Waals surface area (Å²) in [6.45, 7) is 0.219. The maximum absolute atomic E-state index is 14.6. The molecule has 0 radical (unpaired) electrons. The van der Waals surface area contributed by atoms with Crippen molar-refractivity contribution in [3.8, 4) is 0 Å². The fourth-order valence-electron chi connectivity index (χ4n) is 6.63. The van der Waals surface area contributed by atoms with Gasteiger partial charge in [-0.15, -0.1) is 16.9 Å². The molecular formula is C29H27N5O5S. The lowest BCUT2D eigenvalue weighted by atomic mass is 9.78. The van der Waals surface area contributed by atoms with Crippen LogP contribution in [0.4, 0.5) is 0 Å². The quantitative estimate of drug-likeness (QED) is 0.374. The summed E-state index contributed by atoms with van der Waals surface area (Å²) in [5, 5.41) is 18.8. The second kappa shape index (κ2) is 9.60. The van der Waals surface area contributed by atoms with Gasteiger partial charge in [-0.2, -0.15) is 0 Å². The molecule has 4 aliphatic rings. The molecule has 4 aliphatic heterocycles. The minimum Gasteiger partial charge on any atom is -0.461 e. The van der Waals surface area contributed by atoms with Crippen LogP contribution in [0, 0.1) is 11.8 Å². The van der Waals surface area contributed by atoms with E-state index >= 15 is 0 Å². The van der Waals surface area contributed by atoms with E-state index in [1.807, 2.05) is 72.8 Å². The second-order valence-corrected chi connectivity index (χ2v) is 11.9. The molecule has 0 bridgehead atoms. The van der Waals surface area contributed by atoms with Crippen molar-refractivity contribution in [1.29, 1.82) is 0 Å². The molecule has 40 heavy (non-hydrogen) atoms. The first-order valence-corrected chi connectivity index (χ1v) is 14.2. The molecule has 1 spiro atoms. The molecule has 11 heteroatoms. The van der Waals surface area contributed by atoms with E-state index in [-0.39, 0.29) is 36.9 Å². The van der Waals surface area contributed by atoms with Crippen LogP contribution in [0.1, 0.15) is 11.6 Å². The number of carbonyl (C=O) groups excluding carboxylic acids is 3. The van der Waals surface area contributed by atoms with Gasteiger partial charge in [0.15, 0.2) is 0 Å². The lowest BCUT2D eigenvalue weighted by Crippen LogP contribution is -2.54. The van der Waals surface area contributed by atoms with Crippen LogP contribution in [-0.4, -0.2) is 83.5 Å². The molecule has 0 aliphatic carbocycles. The van der Waals surface area contributed by atoms with E-state index in [4.69, 9.17) is 4.74 Å². The van der Waals surface area contributed by atoms with Crippen LogP contribution in [0.5, 0.6) is 0 Å². The number of esters is 1. The number of rotatable bonds is 5. The van der Waals surface area contributed by atoms with E-state index in [1.165, 1.54) is 16.7 Å². The number of fused-ring (bicyclic) bond motifs is 3. The number of nitrogens with zero attached hydrogens (tertiary/aromatic N) is 5. The van der Waals surface area contributed by atoms with Gasteiger partial charge in [0.25, 0.3) is 0 Å². The third-order valence-corrected chi connectivity index (χ3v) is 10.1. The van der Waals surface area contributed by atoms with Crippen molar-refractivity contribution >= 4 is 40.6 Å². The third kappa shape index (κ3) is 3.64. The van der Waals surface area contributed by atoms with Crippen LogP contribution >= 0.6 is 11.8 Å². The number of amides is 2. The summed E-state index contributed by atoms with van der Waals surface area (Å²) in [6.07, 6.45) is 7.57. The summed E-state index contributed by atoms with van der Waals surface area (Å²) in [4.78, 5) is 45.4. The van der Waals surface area contributed by atoms with Gasteiger partial charge >= 0.3 is 5.97 Å². The molecule has 2 aromatic carbocycles. The summed E-state index contributed by atoms with van der Waals surface area (Å²) < 4.78 is 6.11. The summed E-state index contributed by atoms with van der Waals surface area (Å²) >= 11 is 1.47. The van der Waals surface area contributed by atoms with Gasteiger partial charge in [0.1, 0.15) is 24.8 Å². The van der Waals surface area contributed by atoms with E-state index in [9.17, 15) is 19.5 Å². The predicted octanol–water partition coefficient (Wildman–Crippen LogP) is 1.93. The van der Waals surface area contributed by atoms with E-state index in [0.29, 0.717) is 12.1 Å². The van der Waals surface area contributed by atoms with Crippen molar-refractivity contribution in [2.75, 3.05) is 19.8 Å². The summed E-state index contributed by atoms with van der Waals surface area (Å²) in [5.74, 6) is -2.58. The average molecular weight is 558 g/mol. The van der Waals surface area contributed by atoms with Crippen molar-refractivity contribution in [3.63, 3.8) is 0 Å². The highest BCUT2D eigenvalue weighted by atomic mass is 32.2. The first-order chi connectivity index (χ1) is 19.5. The van der Waals surface area contributed by atoms with Crippen LogP contribution in [0.2, 0.25) is 0 Å². The molecule has 7 rings (SSSR count). The van der Waals surface area contributed by atoms with Crippen LogP contribution in [0.3, 0.4) is 0 Å². The molecule has 10 nitrogen and oxygen atoms in total. The van der Waals surface area contributed by atoms with Crippen molar-refractivity contribution in [1.82, 2.24) is 24.8 Å². The minimum absolute atomic E-state index is 0.136. The van der Waals surface area contributed by atoms with Gasteiger partial charge in [0.2, 0.25) is 11.8 Å². The minimum atomic E-state index is -1.01. The molecule has 2 fully saturated rings. The molecule has 5 heterocycles. The molecule has 0 saturated carbocycles. The summed E-state index contributed by atoms with van der Waals surface area (Å²) in [5.41, 5.74) is 2.22. The number of aliphatic hydroxyl groups excluding tert-OH is 1. The van der Waals surface area contributed by atoms with Gasteiger partial charge in [-0.25, -0.2) is 4.68 Å². The number of benzene rings is 2. The number of carbonyl (C=O) groups is 3. The standard InChI is InChI=1S/C29H27N5O5S/c35-16-21(18-8-2-1-3-9-18)34-25-27(37)32(17-33-20-11-5-4-10-19(20)30-31-33)14-7-13-29(25)24(26(34)36)23-22(40-29)12-6-15-39-28(23)38/h1-13,21-25,35H,14-17H2/t21-,22-,23+,24+,25?,29+/m1/s1. The highest BCUT2D eigenvalue weighted by Gasteiger charge is 2.72. The van der Waals surface area contributed by atoms with Gasteiger partial charge in [0, 0.05) is 11.8 Å². The topological polar surface area (TPSA) is 118 Å². The Balaban J connectivity index is 1.34. The monoisotopic (exact) mass is 557 g/mol. The SMILES string of the molecule is O=C1OCC=C[C@H]2S[C@]34C=CCN(Cn5nnc6ccccc65)C(=O)C3N([C@H](CO)c3ccccc3)C(=O)[C@@H]4[C@@H]12. The molecule has 1 unspecified atom stereocenters. The van der Waals surface area contributed by atoms with Crippen LogP contribution < -0.4 is 0 Å². The number of hydrogen-bond donors (Lipinski definition) is 1. The normalized spacial score (nSPS) is 30.1. The number of likely N-dealkylation sites (tertiary alicyclic amines) is 1. The second-order valence-electron chi connectivity index (χ2n) is 10.4. The Hall–Kier alpha value is -3.96. The Bertz CT molecular complexity index is 1560. The van der Waals surface area contributed by atoms with Gasteiger partial charge in [-0.05, 0) is 17.7 Å². The highest BCUT2D eigenvalue weighted by molar-refractivity contribution is 8.02. The maximum atomic E-state index is 14.6. The van der Waals surface area contributed by atoms with E-state index in [0.717, 1.165) is 11.0 Å². The molecule has 1 N–H and O–H groups in total. The number of hydrogen-bond acceptors (Lipinski definition) is 8. The lowest BCUT2D eigenvalue weighted by molar-refractivity contribution is -0.152. The first-order valence-electron chi connectivity index (χ1n) is 13.3. The fourth-order valence-corrected chi connectivity index (χ4v) is 8.62. The van der Waals surface area contributed by atoms with Crippen LogP contribution in [0.25, 0.3) is 11.0 Å². The maximum Gasteiger partial charge on any atom is 0.311 e. The number of thioether (sulfide) groups is 1. The Morgan fingerprint density at radius 2 is 1.85 bits per heavy atom. The zero-order valence-corrected chi connectivity index (χ0v) is 22.3. The van der Waals surface area contributed by atoms with E-state index < -0.39 is 34.6 Å². The highest BCUT2D eigenvalue weighted by Crippen LogP contribution is 2.62. The van der Waals surface area contributed by atoms with Crippen LogP contribution in [-0.2, 0) is 25.8 Å². The van der Waals surface area contributed by atoms with Crippen molar-refractivity contribution in [2.45, 2.75) is 28.7 Å². The smallest absolute Gasteiger partial charge is 0.311 e. The summed E-state index contributed by atoms with van der Waals surface area (Å²) in [7, 11) is 0. The van der Waals surface area contributed by atoms with Crippen molar-refractivity contribution < 1.29 is 24.2 Å². The molecule has 2 saturated heterocycles. The molecule has 6 atom stereocenters. The van der Waals surface area contributed by atoms with E-state index in [2.05, 4.69) is 10.3 Å². The molecular weight excluding hydrogens is 530 g/mol. The average Bonchev–Trinajstić information content (AvgIpc) is 3.52. The zero-order chi connectivity index (χ0) is 27.4. The number of cyclic esters (lactones) is 1. The number of para-hydroxylation sites is 1. The largest absolute Gasteiger partial charge is 0.461 e. The number of aromatic nitrogens is 3. The van der Waals surface area contributed by atoms with Gasteiger partial charge in [-0.3, -0.25) is 14.4 Å². The Morgan fingerprint density at radius 1 is 1.05 bits per heavy atom. The molecule has 2 amide bonds. The first kappa shape index (κ1) is 25.0. The van der Waals surface area contributed by atoms with Gasteiger partial charge < -0.3 is 19.6 Å².